The number of aldehydes is 1. The number of halogens is 1. The predicted octanol–water partition coefficient (Wildman–Crippen LogP) is 2.10. The van der Waals surface area contributed by atoms with Crippen molar-refractivity contribution < 1.29 is 13.9 Å². The third kappa shape index (κ3) is 2.63. The van der Waals surface area contributed by atoms with Crippen molar-refractivity contribution in [1.82, 2.24) is 0 Å². The molecule has 3 heteroatoms. The Morgan fingerprint density at radius 1 is 1.62 bits per heavy atom. The Kier molecular flexibility index (Phi) is 3.58. The van der Waals surface area contributed by atoms with Crippen LogP contribution in [0.3, 0.4) is 0 Å². The summed E-state index contributed by atoms with van der Waals surface area (Å²) in [5.41, 5.74) is 0.689. The van der Waals surface area contributed by atoms with Gasteiger partial charge in [0, 0.05) is 13.5 Å². The largest absolute Gasteiger partial charge is 0.376 e. The van der Waals surface area contributed by atoms with Crippen molar-refractivity contribution in [3.05, 3.63) is 35.6 Å². The number of hydrogen-bond donors (Lipinski definition) is 0. The van der Waals surface area contributed by atoms with E-state index in [1.807, 2.05) is 0 Å². The van der Waals surface area contributed by atoms with Crippen molar-refractivity contribution in [3.63, 3.8) is 0 Å². The number of rotatable bonds is 4. The van der Waals surface area contributed by atoms with E-state index in [4.69, 9.17) is 4.74 Å². The molecule has 1 aromatic carbocycles. The molecule has 0 fully saturated rings. The molecule has 2 nitrogen and oxygen atoms in total. The molecule has 0 aliphatic carbocycles. The number of benzene rings is 1. The van der Waals surface area contributed by atoms with Gasteiger partial charge >= 0.3 is 0 Å². The average molecular weight is 182 g/mol. The van der Waals surface area contributed by atoms with Crippen molar-refractivity contribution >= 4 is 6.29 Å². The molecule has 0 saturated carbocycles. The highest BCUT2D eigenvalue weighted by Crippen LogP contribution is 2.19. The van der Waals surface area contributed by atoms with E-state index in [0.717, 1.165) is 6.29 Å². The van der Waals surface area contributed by atoms with E-state index in [1.54, 1.807) is 12.1 Å². The summed E-state index contributed by atoms with van der Waals surface area (Å²) in [6.07, 6.45) is 0.673. The Bertz CT molecular complexity index is 286. The smallest absolute Gasteiger partial charge is 0.123 e. The fourth-order valence-corrected chi connectivity index (χ4v) is 1.16. The van der Waals surface area contributed by atoms with Crippen molar-refractivity contribution in [2.75, 3.05) is 7.11 Å². The fraction of sp³-hybridized carbons (Fsp3) is 0.300. The van der Waals surface area contributed by atoms with Crippen LogP contribution >= 0.6 is 0 Å². The molecule has 0 spiro atoms. The molecule has 0 aromatic heterocycles. The van der Waals surface area contributed by atoms with Crippen LogP contribution in [0.5, 0.6) is 0 Å². The summed E-state index contributed by atoms with van der Waals surface area (Å²) < 4.78 is 17.8. The summed E-state index contributed by atoms with van der Waals surface area (Å²) in [6, 6.07) is 6.07. The van der Waals surface area contributed by atoms with Crippen LogP contribution in [-0.2, 0) is 9.53 Å². The number of hydrogen-bond acceptors (Lipinski definition) is 2. The molecule has 1 atom stereocenters. The molecule has 0 bridgehead atoms. The molecule has 1 unspecified atom stereocenters. The van der Waals surface area contributed by atoms with Crippen LogP contribution in [0.1, 0.15) is 18.1 Å². The van der Waals surface area contributed by atoms with Crippen LogP contribution < -0.4 is 0 Å². The van der Waals surface area contributed by atoms with Gasteiger partial charge in [0.2, 0.25) is 0 Å². The Morgan fingerprint density at radius 3 is 2.92 bits per heavy atom. The van der Waals surface area contributed by atoms with Crippen LogP contribution in [0.2, 0.25) is 0 Å². The van der Waals surface area contributed by atoms with Crippen molar-refractivity contribution in [3.8, 4) is 0 Å². The highest BCUT2D eigenvalue weighted by atomic mass is 19.1. The Morgan fingerprint density at radius 2 is 2.38 bits per heavy atom. The lowest BCUT2D eigenvalue weighted by atomic mass is 10.1. The third-order valence-electron chi connectivity index (χ3n) is 1.82. The van der Waals surface area contributed by atoms with Gasteiger partial charge in [0.05, 0.1) is 6.10 Å². The fourth-order valence-electron chi connectivity index (χ4n) is 1.16. The molecule has 13 heavy (non-hydrogen) atoms. The second-order valence-corrected chi connectivity index (χ2v) is 2.68. The average Bonchev–Trinajstić information content (AvgIpc) is 2.14. The lowest BCUT2D eigenvalue weighted by Gasteiger charge is -2.12. The zero-order valence-corrected chi connectivity index (χ0v) is 7.37. The molecule has 0 heterocycles. The molecule has 0 aliphatic heterocycles. The topological polar surface area (TPSA) is 26.3 Å². The van der Waals surface area contributed by atoms with Crippen molar-refractivity contribution in [2.45, 2.75) is 12.5 Å². The van der Waals surface area contributed by atoms with E-state index in [2.05, 4.69) is 0 Å². The SMILES string of the molecule is COC(CC=O)c1cccc(F)c1. The maximum Gasteiger partial charge on any atom is 0.123 e. The highest BCUT2D eigenvalue weighted by molar-refractivity contribution is 5.51. The van der Waals surface area contributed by atoms with Gasteiger partial charge in [-0.05, 0) is 17.7 Å². The van der Waals surface area contributed by atoms with E-state index >= 15 is 0 Å². The molecule has 0 radical (unpaired) electrons. The maximum atomic E-state index is 12.8. The molecule has 0 N–H and O–H groups in total. The van der Waals surface area contributed by atoms with Crippen LogP contribution in [0.15, 0.2) is 24.3 Å². The summed E-state index contributed by atoms with van der Waals surface area (Å²) in [7, 11) is 1.50. The number of ether oxygens (including phenoxy) is 1. The molecule has 1 rings (SSSR count). The summed E-state index contributed by atoms with van der Waals surface area (Å²) in [4.78, 5) is 10.3. The van der Waals surface area contributed by atoms with E-state index < -0.39 is 0 Å². The van der Waals surface area contributed by atoms with Gasteiger partial charge in [0.25, 0.3) is 0 Å². The summed E-state index contributed by atoms with van der Waals surface area (Å²) in [6.45, 7) is 0. The molecular formula is C10H11FO2. The van der Waals surface area contributed by atoms with E-state index in [1.165, 1.54) is 19.2 Å². The molecular weight excluding hydrogens is 171 g/mol. The minimum atomic E-state index is -0.340. The Balaban J connectivity index is 2.84. The monoisotopic (exact) mass is 182 g/mol. The van der Waals surface area contributed by atoms with Crippen LogP contribution in [0.4, 0.5) is 4.39 Å². The van der Waals surface area contributed by atoms with Gasteiger partial charge in [-0.1, -0.05) is 12.1 Å². The van der Waals surface area contributed by atoms with Crippen LogP contribution in [-0.4, -0.2) is 13.4 Å². The third-order valence-corrected chi connectivity index (χ3v) is 1.82. The summed E-state index contributed by atoms with van der Waals surface area (Å²) in [5, 5.41) is 0. The zero-order chi connectivity index (χ0) is 9.68. The second-order valence-electron chi connectivity index (χ2n) is 2.68. The van der Waals surface area contributed by atoms with E-state index in [-0.39, 0.29) is 18.3 Å². The maximum absolute atomic E-state index is 12.8. The minimum Gasteiger partial charge on any atom is -0.376 e. The zero-order valence-electron chi connectivity index (χ0n) is 7.37. The van der Waals surface area contributed by atoms with E-state index in [9.17, 15) is 9.18 Å². The first-order valence-electron chi connectivity index (χ1n) is 4.00. The molecule has 0 amide bonds. The Labute approximate surface area is 76.3 Å². The number of carbonyl (C=O) groups is 1. The lowest BCUT2D eigenvalue weighted by Crippen LogP contribution is -2.02. The van der Waals surface area contributed by atoms with Gasteiger partial charge in [-0.25, -0.2) is 4.39 Å². The summed E-state index contributed by atoms with van der Waals surface area (Å²) in [5.74, 6) is -0.314. The first-order chi connectivity index (χ1) is 6.27. The van der Waals surface area contributed by atoms with Crippen LogP contribution in [0, 0.1) is 5.82 Å². The molecule has 0 saturated heterocycles. The summed E-state index contributed by atoms with van der Waals surface area (Å²) >= 11 is 0. The number of carbonyl (C=O) groups excluding carboxylic acids is 1. The number of methoxy groups -OCH3 is 1. The lowest BCUT2D eigenvalue weighted by molar-refractivity contribution is -0.110. The molecule has 0 aliphatic rings. The van der Waals surface area contributed by atoms with E-state index in [0.29, 0.717) is 5.56 Å². The molecule has 1 aromatic rings. The van der Waals surface area contributed by atoms with Gasteiger partial charge in [-0.2, -0.15) is 0 Å². The quantitative estimate of drug-likeness (QED) is 0.666. The van der Waals surface area contributed by atoms with Crippen molar-refractivity contribution in [2.24, 2.45) is 0 Å². The van der Waals surface area contributed by atoms with Gasteiger partial charge in [0.1, 0.15) is 12.1 Å². The predicted molar refractivity (Wildman–Crippen MR) is 46.8 cm³/mol. The van der Waals surface area contributed by atoms with Gasteiger partial charge in [-0.3, -0.25) is 0 Å². The van der Waals surface area contributed by atoms with Gasteiger partial charge in [0.15, 0.2) is 0 Å². The Hall–Kier alpha value is -1.22. The first-order valence-corrected chi connectivity index (χ1v) is 4.00. The standard InChI is InChI=1S/C10H11FO2/c1-13-10(5-6-12)8-3-2-4-9(11)7-8/h2-4,6-7,10H,5H2,1H3. The van der Waals surface area contributed by atoms with Crippen molar-refractivity contribution in [1.29, 1.82) is 0 Å². The van der Waals surface area contributed by atoms with Crippen LogP contribution in [0.25, 0.3) is 0 Å². The highest BCUT2D eigenvalue weighted by Gasteiger charge is 2.09. The minimum absolute atomic E-state index is 0.250. The molecule has 70 valence electrons. The first kappa shape index (κ1) is 9.86. The second kappa shape index (κ2) is 4.72. The van der Waals surface area contributed by atoms with Gasteiger partial charge in [-0.15, -0.1) is 0 Å². The normalized spacial score (nSPS) is 12.5. The van der Waals surface area contributed by atoms with Gasteiger partial charge < -0.3 is 9.53 Å².